The lowest BCUT2D eigenvalue weighted by Gasteiger charge is -2.22. The van der Waals surface area contributed by atoms with Gasteiger partial charge in [0.25, 0.3) is 0 Å². The van der Waals surface area contributed by atoms with E-state index in [0.717, 1.165) is 23.9 Å². The van der Waals surface area contributed by atoms with E-state index in [1.165, 1.54) is 0 Å². The quantitative estimate of drug-likeness (QED) is 0.872. The third-order valence-electron chi connectivity index (χ3n) is 2.86. The summed E-state index contributed by atoms with van der Waals surface area (Å²) in [6, 6.07) is 3.67. The van der Waals surface area contributed by atoms with Gasteiger partial charge in [0.2, 0.25) is 5.91 Å². The van der Waals surface area contributed by atoms with Crippen LogP contribution in [0.1, 0.15) is 19.8 Å². The molecule has 2 N–H and O–H groups in total. The standard InChI is InChI=1S/C11H14BrN3O/c1-11(5-3-7-14-11)10(16)15-9-8(12)4-2-6-13-9/h2,4,6,14H,3,5,7H2,1H3,(H,13,15,16). The molecule has 1 aromatic heterocycles. The van der Waals surface area contributed by atoms with E-state index in [1.54, 1.807) is 6.20 Å². The first-order valence-corrected chi connectivity index (χ1v) is 6.08. The lowest BCUT2D eigenvalue weighted by Crippen LogP contribution is -2.48. The first-order valence-electron chi connectivity index (χ1n) is 5.29. The van der Waals surface area contributed by atoms with Crippen LogP contribution in [0.15, 0.2) is 22.8 Å². The lowest BCUT2D eigenvalue weighted by molar-refractivity contribution is -0.121. The van der Waals surface area contributed by atoms with Crippen molar-refractivity contribution in [1.82, 2.24) is 10.3 Å². The van der Waals surface area contributed by atoms with Crippen LogP contribution in [0.25, 0.3) is 0 Å². The molecule has 0 aliphatic carbocycles. The van der Waals surface area contributed by atoms with Gasteiger partial charge in [-0.2, -0.15) is 0 Å². The Morgan fingerprint density at radius 1 is 1.69 bits per heavy atom. The summed E-state index contributed by atoms with van der Waals surface area (Å²) < 4.78 is 0.796. The molecule has 0 radical (unpaired) electrons. The van der Waals surface area contributed by atoms with Gasteiger partial charge in [-0.05, 0) is 54.4 Å². The predicted octanol–water partition coefficient (Wildman–Crippen LogP) is 1.92. The Hall–Kier alpha value is -0.940. The Bertz CT molecular complexity index is 402. The summed E-state index contributed by atoms with van der Waals surface area (Å²) in [5, 5.41) is 6.05. The summed E-state index contributed by atoms with van der Waals surface area (Å²) in [6.07, 6.45) is 3.56. The minimum absolute atomic E-state index is 0.0237. The highest BCUT2D eigenvalue weighted by molar-refractivity contribution is 9.10. The van der Waals surface area contributed by atoms with E-state index < -0.39 is 5.54 Å². The Morgan fingerprint density at radius 2 is 2.50 bits per heavy atom. The number of hydrogen-bond acceptors (Lipinski definition) is 3. The number of rotatable bonds is 2. The maximum absolute atomic E-state index is 12.1. The maximum Gasteiger partial charge on any atom is 0.245 e. The van der Waals surface area contributed by atoms with Gasteiger partial charge in [-0.1, -0.05) is 0 Å². The van der Waals surface area contributed by atoms with Crippen LogP contribution < -0.4 is 10.6 Å². The number of carbonyl (C=O) groups is 1. The molecule has 1 aliphatic rings. The van der Waals surface area contributed by atoms with E-state index in [4.69, 9.17) is 0 Å². The second-order valence-electron chi connectivity index (χ2n) is 4.15. The Morgan fingerprint density at radius 3 is 3.12 bits per heavy atom. The molecule has 86 valence electrons. The fourth-order valence-electron chi connectivity index (χ4n) is 1.81. The zero-order valence-corrected chi connectivity index (χ0v) is 10.7. The van der Waals surface area contributed by atoms with Crippen LogP contribution >= 0.6 is 15.9 Å². The average Bonchev–Trinajstić information content (AvgIpc) is 2.70. The topological polar surface area (TPSA) is 54.0 Å². The molecule has 5 heteroatoms. The molecule has 0 aromatic carbocycles. The van der Waals surface area contributed by atoms with Crippen molar-refractivity contribution in [1.29, 1.82) is 0 Å². The van der Waals surface area contributed by atoms with Crippen molar-refractivity contribution in [3.8, 4) is 0 Å². The van der Waals surface area contributed by atoms with Gasteiger partial charge in [-0.3, -0.25) is 4.79 Å². The largest absolute Gasteiger partial charge is 0.308 e. The molecular formula is C11H14BrN3O. The molecule has 16 heavy (non-hydrogen) atoms. The molecule has 0 bridgehead atoms. The van der Waals surface area contributed by atoms with Gasteiger partial charge < -0.3 is 10.6 Å². The van der Waals surface area contributed by atoms with Crippen LogP contribution in [0.2, 0.25) is 0 Å². The molecule has 1 aromatic rings. The van der Waals surface area contributed by atoms with Crippen molar-refractivity contribution >= 4 is 27.7 Å². The van der Waals surface area contributed by atoms with Gasteiger partial charge in [0.05, 0.1) is 10.0 Å². The van der Waals surface area contributed by atoms with E-state index in [9.17, 15) is 4.79 Å². The van der Waals surface area contributed by atoms with Crippen LogP contribution in [0.3, 0.4) is 0 Å². The number of pyridine rings is 1. The zero-order valence-electron chi connectivity index (χ0n) is 9.09. The average molecular weight is 284 g/mol. The number of halogens is 1. The van der Waals surface area contributed by atoms with Gasteiger partial charge in [-0.25, -0.2) is 4.98 Å². The number of anilines is 1. The van der Waals surface area contributed by atoms with Crippen molar-refractivity contribution in [3.63, 3.8) is 0 Å². The molecule has 1 unspecified atom stereocenters. The van der Waals surface area contributed by atoms with Gasteiger partial charge in [0.1, 0.15) is 5.82 Å². The lowest BCUT2D eigenvalue weighted by atomic mass is 9.99. The molecule has 1 amide bonds. The summed E-state index contributed by atoms with van der Waals surface area (Å²) in [6.45, 7) is 2.82. The maximum atomic E-state index is 12.1. The minimum Gasteiger partial charge on any atom is -0.308 e. The van der Waals surface area contributed by atoms with Crippen molar-refractivity contribution in [2.24, 2.45) is 0 Å². The van der Waals surface area contributed by atoms with Crippen LogP contribution in [0.5, 0.6) is 0 Å². The molecular weight excluding hydrogens is 270 g/mol. The van der Waals surface area contributed by atoms with Gasteiger partial charge in [0, 0.05) is 6.20 Å². The Labute approximate surface area is 103 Å². The molecule has 2 rings (SSSR count). The summed E-state index contributed by atoms with van der Waals surface area (Å²) in [4.78, 5) is 16.2. The summed E-state index contributed by atoms with van der Waals surface area (Å²) in [5.41, 5.74) is -0.461. The number of amides is 1. The number of aromatic nitrogens is 1. The van der Waals surface area contributed by atoms with Crippen molar-refractivity contribution in [2.45, 2.75) is 25.3 Å². The predicted molar refractivity (Wildman–Crippen MR) is 66.2 cm³/mol. The molecule has 1 fully saturated rings. The molecule has 1 atom stereocenters. The highest BCUT2D eigenvalue weighted by atomic mass is 79.9. The number of carbonyl (C=O) groups excluding carboxylic acids is 1. The Kier molecular flexibility index (Phi) is 3.25. The molecule has 4 nitrogen and oxygen atoms in total. The smallest absolute Gasteiger partial charge is 0.245 e. The van der Waals surface area contributed by atoms with Gasteiger partial charge in [-0.15, -0.1) is 0 Å². The second kappa shape index (κ2) is 4.51. The highest BCUT2D eigenvalue weighted by Crippen LogP contribution is 2.23. The number of nitrogens with one attached hydrogen (secondary N) is 2. The van der Waals surface area contributed by atoms with Crippen LogP contribution in [0, 0.1) is 0 Å². The van der Waals surface area contributed by atoms with E-state index in [2.05, 4.69) is 31.5 Å². The van der Waals surface area contributed by atoms with Crippen LogP contribution in [-0.4, -0.2) is 23.0 Å². The minimum atomic E-state index is -0.461. The van der Waals surface area contributed by atoms with E-state index in [0.29, 0.717) is 5.82 Å². The summed E-state index contributed by atoms with van der Waals surface area (Å²) in [7, 11) is 0. The van der Waals surface area contributed by atoms with Gasteiger partial charge >= 0.3 is 0 Å². The monoisotopic (exact) mass is 283 g/mol. The second-order valence-corrected chi connectivity index (χ2v) is 5.00. The third-order valence-corrected chi connectivity index (χ3v) is 3.50. The SMILES string of the molecule is CC1(C(=O)Nc2ncccc2Br)CCCN1. The highest BCUT2D eigenvalue weighted by Gasteiger charge is 2.36. The van der Waals surface area contributed by atoms with Crippen molar-refractivity contribution in [3.05, 3.63) is 22.8 Å². The van der Waals surface area contributed by atoms with Crippen molar-refractivity contribution in [2.75, 3.05) is 11.9 Å². The zero-order chi connectivity index (χ0) is 11.6. The molecule has 0 saturated carbocycles. The first-order chi connectivity index (χ1) is 7.62. The number of hydrogen-bond donors (Lipinski definition) is 2. The summed E-state index contributed by atoms with van der Waals surface area (Å²) >= 11 is 3.35. The van der Waals surface area contributed by atoms with E-state index >= 15 is 0 Å². The third kappa shape index (κ3) is 2.25. The molecule has 1 aliphatic heterocycles. The van der Waals surface area contributed by atoms with E-state index in [1.807, 2.05) is 19.1 Å². The van der Waals surface area contributed by atoms with Crippen molar-refractivity contribution < 1.29 is 4.79 Å². The fraction of sp³-hybridized carbons (Fsp3) is 0.455. The van der Waals surface area contributed by atoms with Crippen LogP contribution in [-0.2, 0) is 4.79 Å². The van der Waals surface area contributed by atoms with Crippen LogP contribution in [0.4, 0.5) is 5.82 Å². The fourth-order valence-corrected chi connectivity index (χ4v) is 2.17. The van der Waals surface area contributed by atoms with Gasteiger partial charge in [0.15, 0.2) is 0 Å². The normalized spacial score (nSPS) is 24.4. The molecule has 0 spiro atoms. The molecule has 1 saturated heterocycles. The molecule has 2 heterocycles. The Balaban J connectivity index is 2.10. The first kappa shape index (κ1) is 11.5. The number of nitrogens with zero attached hydrogens (tertiary/aromatic N) is 1. The van der Waals surface area contributed by atoms with E-state index in [-0.39, 0.29) is 5.91 Å². The summed E-state index contributed by atoms with van der Waals surface area (Å²) in [5.74, 6) is 0.548.